The molecule has 0 spiro atoms. The molecule has 1 atom stereocenters. The van der Waals surface area contributed by atoms with E-state index in [0.717, 1.165) is 28.1 Å². The number of carbonyl (C=O) groups is 3. The molecule has 0 aliphatic rings. The van der Waals surface area contributed by atoms with Crippen LogP contribution in [0.2, 0.25) is 0 Å². The smallest absolute Gasteiger partial charge is 0.303 e. The third kappa shape index (κ3) is 9.81. The number of carboxylic acid groups (broad SMARTS) is 1. The van der Waals surface area contributed by atoms with Crippen LogP contribution in [0.1, 0.15) is 49.3 Å². The second-order valence-electron chi connectivity index (χ2n) is 8.20. The monoisotopic (exact) mass is 502 g/mol. The lowest BCUT2D eigenvalue weighted by atomic mass is 10.1. The molecule has 1 unspecified atom stereocenters. The lowest BCUT2D eigenvalue weighted by Gasteiger charge is -2.25. The van der Waals surface area contributed by atoms with Crippen LogP contribution in [0.4, 0.5) is 5.69 Å². The Morgan fingerprint density at radius 3 is 2.32 bits per heavy atom. The number of carbonyl (C=O) groups excluding carboxylic acids is 2. The summed E-state index contributed by atoms with van der Waals surface area (Å²) in [4.78, 5) is 37.9. The minimum atomic E-state index is -0.779. The Bertz CT molecular complexity index is 967. The Hall–Kier alpha value is -2.45. The van der Waals surface area contributed by atoms with Crippen molar-refractivity contribution in [2.75, 3.05) is 17.2 Å². The van der Waals surface area contributed by atoms with Crippen molar-refractivity contribution >= 4 is 45.1 Å². The highest BCUT2D eigenvalue weighted by Crippen LogP contribution is 2.28. The molecule has 0 aromatic heterocycles. The van der Waals surface area contributed by atoms with Gasteiger partial charge in [0.25, 0.3) is 0 Å². The zero-order chi connectivity index (χ0) is 24.9. The van der Waals surface area contributed by atoms with Gasteiger partial charge in [0.1, 0.15) is 0 Å². The molecule has 2 N–H and O–H groups in total. The van der Waals surface area contributed by atoms with Gasteiger partial charge in [-0.1, -0.05) is 71.0 Å². The predicted octanol–water partition coefficient (Wildman–Crippen LogP) is 5.37. The maximum Gasteiger partial charge on any atom is 0.303 e. The average Bonchev–Trinajstić information content (AvgIpc) is 2.81. The Kier molecular flexibility index (Phi) is 12.0. The van der Waals surface area contributed by atoms with Crippen LogP contribution in [0.15, 0.2) is 48.5 Å². The second-order valence-corrected chi connectivity index (χ2v) is 11.1. The van der Waals surface area contributed by atoms with Crippen LogP contribution in [0.25, 0.3) is 0 Å². The molecule has 0 radical (unpaired) electrons. The summed E-state index contributed by atoms with van der Waals surface area (Å²) in [6, 6.07) is 15.8. The van der Waals surface area contributed by atoms with Gasteiger partial charge in [-0.15, -0.1) is 0 Å². The standard InChI is InChI=1S/C26H34N2O4S2/c1-19-8-4-6-10-22(19)18-28(23-11-7-5-9-20(23)2)25(30)14-13-24(29)27-16-17-33-34-21(3)12-15-26(31)32/h4-11,21H,12-18H2,1-3H3,(H,27,29)(H,31,32). The SMILES string of the molecule is Cc1ccccc1CN(C(=O)CCC(=O)NCCSSC(C)CCC(=O)O)c1ccccc1C. The number of nitrogens with zero attached hydrogens (tertiary/aromatic N) is 1. The minimum Gasteiger partial charge on any atom is -0.481 e. The summed E-state index contributed by atoms with van der Waals surface area (Å²) >= 11 is 0. The van der Waals surface area contributed by atoms with Gasteiger partial charge in [0.05, 0.1) is 6.54 Å². The number of anilines is 1. The highest BCUT2D eigenvalue weighted by Gasteiger charge is 2.19. The topological polar surface area (TPSA) is 86.7 Å². The van der Waals surface area contributed by atoms with E-state index in [9.17, 15) is 14.4 Å². The Morgan fingerprint density at radius 2 is 1.65 bits per heavy atom. The first-order valence-electron chi connectivity index (χ1n) is 11.4. The highest BCUT2D eigenvalue weighted by molar-refractivity contribution is 8.76. The first-order chi connectivity index (χ1) is 16.3. The molecule has 0 saturated carbocycles. The van der Waals surface area contributed by atoms with Crippen LogP contribution in [-0.4, -0.2) is 40.4 Å². The van der Waals surface area contributed by atoms with Crippen molar-refractivity contribution in [2.45, 2.75) is 58.2 Å². The first kappa shape index (κ1) is 27.8. The number of aryl methyl sites for hydroxylation is 2. The molecule has 34 heavy (non-hydrogen) atoms. The third-order valence-corrected chi connectivity index (χ3v) is 8.33. The number of carboxylic acids is 1. The van der Waals surface area contributed by atoms with E-state index in [4.69, 9.17) is 5.11 Å². The van der Waals surface area contributed by atoms with Crippen molar-refractivity contribution in [1.82, 2.24) is 5.32 Å². The largest absolute Gasteiger partial charge is 0.481 e. The highest BCUT2D eigenvalue weighted by atomic mass is 33.1. The zero-order valence-corrected chi connectivity index (χ0v) is 21.7. The summed E-state index contributed by atoms with van der Waals surface area (Å²) in [6.45, 7) is 7.00. The molecular weight excluding hydrogens is 468 g/mol. The number of hydrogen-bond donors (Lipinski definition) is 2. The van der Waals surface area contributed by atoms with Gasteiger partial charge >= 0.3 is 5.97 Å². The lowest BCUT2D eigenvalue weighted by molar-refractivity contribution is -0.137. The Morgan fingerprint density at radius 1 is 0.971 bits per heavy atom. The fraction of sp³-hybridized carbons (Fsp3) is 0.423. The van der Waals surface area contributed by atoms with E-state index < -0.39 is 5.97 Å². The van der Waals surface area contributed by atoms with Gasteiger partial charge in [0.15, 0.2) is 0 Å². The van der Waals surface area contributed by atoms with Crippen LogP contribution in [0, 0.1) is 13.8 Å². The maximum atomic E-state index is 13.2. The van der Waals surface area contributed by atoms with Crippen LogP contribution < -0.4 is 10.2 Å². The molecule has 0 bridgehead atoms. The van der Waals surface area contributed by atoms with Crippen LogP contribution in [0.5, 0.6) is 0 Å². The van der Waals surface area contributed by atoms with Gasteiger partial charge in [-0.2, -0.15) is 0 Å². The summed E-state index contributed by atoms with van der Waals surface area (Å²) in [5.74, 6) is -0.271. The molecule has 2 rings (SSSR count). The fourth-order valence-electron chi connectivity index (χ4n) is 3.35. The first-order valence-corrected chi connectivity index (χ1v) is 13.8. The summed E-state index contributed by atoms with van der Waals surface area (Å²) < 4.78 is 0. The third-order valence-electron chi connectivity index (χ3n) is 5.37. The van der Waals surface area contributed by atoms with Crippen molar-refractivity contribution in [2.24, 2.45) is 0 Å². The molecule has 2 aromatic carbocycles. The number of amides is 2. The van der Waals surface area contributed by atoms with E-state index in [2.05, 4.69) is 5.32 Å². The fourth-order valence-corrected chi connectivity index (χ4v) is 5.60. The molecule has 8 heteroatoms. The Balaban J connectivity index is 1.83. The van der Waals surface area contributed by atoms with E-state index in [0.29, 0.717) is 19.5 Å². The number of rotatable bonds is 14. The summed E-state index contributed by atoms with van der Waals surface area (Å²) in [5.41, 5.74) is 4.08. The normalized spacial score (nSPS) is 11.6. The van der Waals surface area contributed by atoms with Gasteiger partial charge in [-0.05, 0) is 43.0 Å². The number of para-hydroxylation sites is 1. The quantitative estimate of drug-likeness (QED) is 0.267. The average molecular weight is 503 g/mol. The molecule has 2 aromatic rings. The van der Waals surface area contributed by atoms with E-state index in [1.807, 2.05) is 69.3 Å². The number of nitrogens with one attached hydrogen (secondary N) is 1. The summed E-state index contributed by atoms with van der Waals surface area (Å²) in [6.07, 6.45) is 1.08. The molecule has 6 nitrogen and oxygen atoms in total. The molecule has 0 aliphatic heterocycles. The maximum absolute atomic E-state index is 13.2. The van der Waals surface area contributed by atoms with Crippen LogP contribution in [0.3, 0.4) is 0 Å². The van der Waals surface area contributed by atoms with Crippen molar-refractivity contribution in [1.29, 1.82) is 0 Å². The molecule has 2 amide bonds. The minimum absolute atomic E-state index is 0.0788. The lowest BCUT2D eigenvalue weighted by Crippen LogP contribution is -2.33. The van der Waals surface area contributed by atoms with Crippen LogP contribution in [-0.2, 0) is 20.9 Å². The van der Waals surface area contributed by atoms with E-state index in [1.165, 1.54) is 0 Å². The van der Waals surface area contributed by atoms with Crippen molar-refractivity contribution < 1.29 is 19.5 Å². The molecule has 0 saturated heterocycles. The molecule has 0 fully saturated rings. The van der Waals surface area contributed by atoms with Crippen molar-refractivity contribution in [3.63, 3.8) is 0 Å². The van der Waals surface area contributed by atoms with Crippen molar-refractivity contribution in [3.8, 4) is 0 Å². The van der Waals surface area contributed by atoms with E-state index in [-0.39, 0.29) is 36.3 Å². The number of aliphatic carboxylic acids is 1. The number of hydrogen-bond acceptors (Lipinski definition) is 5. The van der Waals surface area contributed by atoms with E-state index in [1.54, 1.807) is 26.5 Å². The van der Waals surface area contributed by atoms with Gasteiger partial charge in [0.2, 0.25) is 11.8 Å². The summed E-state index contributed by atoms with van der Waals surface area (Å²) in [7, 11) is 3.25. The van der Waals surface area contributed by atoms with Gasteiger partial charge < -0.3 is 15.3 Å². The van der Waals surface area contributed by atoms with Crippen molar-refractivity contribution in [3.05, 3.63) is 65.2 Å². The van der Waals surface area contributed by atoms with E-state index >= 15 is 0 Å². The van der Waals surface area contributed by atoms with Crippen LogP contribution >= 0.6 is 21.6 Å². The molecule has 0 aliphatic carbocycles. The van der Waals surface area contributed by atoms with Gasteiger partial charge in [-0.25, -0.2) is 0 Å². The molecule has 0 heterocycles. The van der Waals surface area contributed by atoms with Gasteiger partial charge in [-0.3, -0.25) is 14.4 Å². The molecular formula is C26H34N2O4S2. The Labute approximate surface area is 210 Å². The second kappa shape index (κ2) is 14.7. The van der Waals surface area contributed by atoms with Gasteiger partial charge in [0, 0.05) is 42.5 Å². The zero-order valence-electron chi connectivity index (χ0n) is 20.1. The summed E-state index contributed by atoms with van der Waals surface area (Å²) in [5, 5.41) is 11.8. The number of benzene rings is 2. The molecule has 184 valence electrons. The predicted molar refractivity (Wildman–Crippen MR) is 142 cm³/mol.